The quantitative estimate of drug-likeness (QED) is 0.326. The molecule has 0 aliphatic heterocycles. The molecular weight excluding hydrogens is 270 g/mol. The Balaban J connectivity index is 2.23. The summed E-state index contributed by atoms with van der Waals surface area (Å²) in [6.07, 6.45) is -0.954. The second-order valence-electron chi connectivity index (χ2n) is 4.62. The number of nitrogen functional groups attached to an aromatic ring is 1. The van der Waals surface area contributed by atoms with Crippen molar-refractivity contribution in [2.45, 2.75) is 24.7 Å². The first-order chi connectivity index (χ1) is 9.45. The summed E-state index contributed by atoms with van der Waals surface area (Å²) in [4.78, 5) is 17.5. The number of aromatic nitrogens is 2. The molecule has 10 nitrogen and oxygen atoms in total. The van der Waals surface area contributed by atoms with E-state index in [0.717, 1.165) is 6.33 Å². The zero-order valence-corrected chi connectivity index (χ0v) is 10.4. The summed E-state index contributed by atoms with van der Waals surface area (Å²) in [5.74, 6) is -0.919. The van der Waals surface area contributed by atoms with Crippen LogP contribution in [0.2, 0.25) is 0 Å². The van der Waals surface area contributed by atoms with Gasteiger partial charge in [0.15, 0.2) is 0 Å². The van der Waals surface area contributed by atoms with Gasteiger partial charge in [-0.2, -0.15) is 0 Å². The fourth-order valence-corrected chi connectivity index (χ4v) is 2.30. The maximum absolute atomic E-state index is 10.9. The monoisotopic (exact) mass is 285 g/mol. The molecule has 0 unspecified atom stereocenters. The molecule has 0 bridgehead atoms. The Hall–Kier alpha value is -2.04. The molecule has 1 heterocycles. The van der Waals surface area contributed by atoms with Gasteiger partial charge < -0.3 is 26.4 Å². The number of nitrogens with one attached hydrogen (secondary N) is 1. The number of aliphatic hydroxyl groups excluding tert-OH is 3. The number of nitrogens with zero attached hydrogens (tertiary/aromatic N) is 3. The first-order valence-electron chi connectivity index (χ1n) is 5.94. The standard InChI is InChI=1S/C10H15N5O5/c11-9-6(15(19)20)10(13-3-12-9)14-5-1-4(2-16)7(17)8(5)18/h3-5,7-8,16-18H,1-2H2,(H3,11,12,13,14)/t4-,5-,7-,8+/m1/s1. The lowest BCUT2D eigenvalue weighted by atomic mass is 10.1. The van der Waals surface area contributed by atoms with Crippen LogP contribution in [-0.2, 0) is 0 Å². The molecule has 0 saturated heterocycles. The van der Waals surface area contributed by atoms with Crippen LogP contribution >= 0.6 is 0 Å². The van der Waals surface area contributed by atoms with E-state index in [1.165, 1.54) is 0 Å². The summed E-state index contributed by atoms with van der Waals surface area (Å²) in [6, 6.07) is -0.671. The molecule has 1 aliphatic carbocycles. The van der Waals surface area contributed by atoms with E-state index >= 15 is 0 Å². The summed E-state index contributed by atoms with van der Waals surface area (Å²) in [6.45, 7) is -0.287. The molecule has 0 aromatic carbocycles. The summed E-state index contributed by atoms with van der Waals surface area (Å²) >= 11 is 0. The largest absolute Gasteiger partial charge is 0.396 e. The van der Waals surface area contributed by atoms with E-state index in [1.807, 2.05) is 0 Å². The summed E-state index contributed by atoms with van der Waals surface area (Å²) in [5.41, 5.74) is 4.94. The van der Waals surface area contributed by atoms with Crippen LogP contribution in [-0.4, -0.2) is 55.1 Å². The molecule has 0 spiro atoms. The lowest BCUT2D eigenvalue weighted by Gasteiger charge is -2.18. The molecule has 10 heteroatoms. The van der Waals surface area contributed by atoms with E-state index in [9.17, 15) is 20.3 Å². The third kappa shape index (κ3) is 2.48. The molecule has 20 heavy (non-hydrogen) atoms. The fraction of sp³-hybridized carbons (Fsp3) is 0.600. The molecule has 1 aliphatic rings. The zero-order chi connectivity index (χ0) is 14.9. The molecule has 0 amide bonds. The van der Waals surface area contributed by atoms with E-state index in [4.69, 9.17) is 10.8 Å². The van der Waals surface area contributed by atoms with Crippen molar-refractivity contribution in [2.24, 2.45) is 5.92 Å². The average Bonchev–Trinajstić information content (AvgIpc) is 2.66. The van der Waals surface area contributed by atoms with Crippen LogP contribution in [0.1, 0.15) is 6.42 Å². The number of nitrogens with two attached hydrogens (primary N) is 1. The molecule has 1 aromatic rings. The number of rotatable bonds is 4. The van der Waals surface area contributed by atoms with Gasteiger partial charge >= 0.3 is 5.69 Å². The number of aliphatic hydroxyl groups is 3. The molecule has 1 aromatic heterocycles. The van der Waals surface area contributed by atoms with Gasteiger partial charge in [-0.25, -0.2) is 9.97 Å². The van der Waals surface area contributed by atoms with Crippen LogP contribution < -0.4 is 11.1 Å². The molecule has 1 fully saturated rings. The second-order valence-corrected chi connectivity index (χ2v) is 4.62. The van der Waals surface area contributed by atoms with Crippen LogP contribution in [0.25, 0.3) is 0 Å². The van der Waals surface area contributed by atoms with E-state index < -0.39 is 34.8 Å². The van der Waals surface area contributed by atoms with Crippen LogP contribution in [0.5, 0.6) is 0 Å². The summed E-state index contributed by atoms with van der Waals surface area (Å²) in [7, 11) is 0. The Kier molecular flexibility index (Phi) is 3.97. The summed E-state index contributed by atoms with van der Waals surface area (Å²) in [5, 5.41) is 42.2. The summed E-state index contributed by atoms with van der Waals surface area (Å²) < 4.78 is 0. The van der Waals surface area contributed by atoms with Crippen molar-refractivity contribution in [2.75, 3.05) is 17.7 Å². The van der Waals surface area contributed by atoms with Gasteiger partial charge in [0.1, 0.15) is 12.4 Å². The topological polar surface area (TPSA) is 168 Å². The normalized spacial score (nSPS) is 29.4. The van der Waals surface area contributed by atoms with E-state index in [-0.39, 0.29) is 24.7 Å². The fourth-order valence-electron chi connectivity index (χ4n) is 2.30. The van der Waals surface area contributed by atoms with E-state index in [0.29, 0.717) is 0 Å². The highest BCUT2D eigenvalue weighted by atomic mass is 16.6. The molecule has 6 N–H and O–H groups in total. The first-order valence-corrected chi connectivity index (χ1v) is 5.94. The first kappa shape index (κ1) is 14.4. The minimum Gasteiger partial charge on any atom is -0.396 e. The highest BCUT2D eigenvalue weighted by Gasteiger charge is 2.42. The molecular formula is C10H15N5O5. The lowest BCUT2D eigenvalue weighted by molar-refractivity contribution is -0.383. The maximum Gasteiger partial charge on any atom is 0.352 e. The van der Waals surface area contributed by atoms with E-state index in [2.05, 4.69) is 15.3 Å². The molecule has 110 valence electrons. The Morgan fingerprint density at radius 3 is 2.70 bits per heavy atom. The SMILES string of the molecule is Nc1ncnc(N[C@@H]2C[C@H](CO)[C@@H](O)[C@H]2O)c1[N+](=O)[O-]. The number of nitro groups is 1. The van der Waals surface area contributed by atoms with Gasteiger partial charge in [0.2, 0.25) is 11.6 Å². The van der Waals surface area contributed by atoms with Crippen molar-refractivity contribution >= 4 is 17.3 Å². The predicted octanol–water partition coefficient (Wildman–Crippen LogP) is -1.52. The number of hydrogen-bond acceptors (Lipinski definition) is 9. The predicted molar refractivity (Wildman–Crippen MR) is 67.7 cm³/mol. The number of anilines is 2. The second kappa shape index (κ2) is 5.53. The average molecular weight is 285 g/mol. The van der Waals surface area contributed by atoms with Gasteiger partial charge in [-0.05, 0) is 6.42 Å². The van der Waals surface area contributed by atoms with Gasteiger partial charge in [-0.1, -0.05) is 0 Å². The van der Waals surface area contributed by atoms with Gasteiger partial charge in [0, 0.05) is 12.5 Å². The van der Waals surface area contributed by atoms with Gasteiger partial charge in [-0.3, -0.25) is 10.1 Å². The van der Waals surface area contributed by atoms with Crippen molar-refractivity contribution in [1.82, 2.24) is 9.97 Å². The molecule has 0 radical (unpaired) electrons. The molecule has 1 saturated carbocycles. The van der Waals surface area contributed by atoms with Crippen molar-refractivity contribution in [3.8, 4) is 0 Å². The van der Waals surface area contributed by atoms with Crippen molar-refractivity contribution in [3.63, 3.8) is 0 Å². The number of hydrogen-bond donors (Lipinski definition) is 5. The Morgan fingerprint density at radius 2 is 2.15 bits per heavy atom. The third-order valence-corrected chi connectivity index (χ3v) is 3.39. The Labute approximate surface area is 113 Å². The minimum absolute atomic E-state index is 0.127. The van der Waals surface area contributed by atoms with Crippen molar-refractivity contribution < 1.29 is 20.2 Å². The van der Waals surface area contributed by atoms with Gasteiger partial charge in [0.05, 0.1) is 17.1 Å². The van der Waals surface area contributed by atoms with Crippen LogP contribution in [0.3, 0.4) is 0 Å². The van der Waals surface area contributed by atoms with Crippen molar-refractivity contribution in [1.29, 1.82) is 0 Å². The van der Waals surface area contributed by atoms with Crippen LogP contribution in [0.15, 0.2) is 6.33 Å². The van der Waals surface area contributed by atoms with E-state index in [1.54, 1.807) is 0 Å². The van der Waals surface area contributed by atoms with Gasteiger partial charge in [0.25, 0.3) is 0 Å². The van der Waals surface area contributed by atoms with Crippen LogP contribution in [0.4, 0.5) is 17.3 Å². The molecule has 4 atom stereocenters. The smallest absolute Gasteiger partial charge is 0.352 e. The highest BCUT2D eigenvalue weighted by molar-refractivity contribution is 5.67. The zero-order valence-electron chi connectivity index (χ0n) is 10.4. The minimum atomic E-state index is -1.16. The third-order valence-electron chi connectivity index (χ3n) is 3.39. The van der Waals surface area contributed by atoms with Crippen molar-refractivity contribution in [3.05, 3.63) is 16.4 Å². The highest BCUT2D eigenvalue weighted by Crippen LogP contribution is 2.32. The van der Waals surface area contributed by atoms with Crippen LogP contribution in [0, 0.1) is 16.0 Å². The molecule has 2 rings (SSSR count). The maximum atomic E-state index is 10.9. The Morgan fingerprint density at radius 1 is 1.45 bits per heavy atom. The lowest BCUT2D eigenvalue weighted by Crippen LogP contribution is -2.35. The Bertz CT molecular complexity index is 513. The van der Waals surface area contributed by atoms with Gasteiger partial charge in [-0.15, -0.1) is 0 Å².